The average molecular weight is 264 g/mol. The Morgan fingerprint density at radius 2 is 2.21 bits per heavy atom. The molecule has 0 saturated carbocycles. The zero-order valence-corrected chi connectivity index (χ0v) is 12.7. The molecule has 3 atom stereocenters. The normalized spacial score (nSPS) is 26.8. The van der Waals surface area contributed by atoms with E-state index in [1.165, 1.54) is 6.42 Å². The highest BCUT2D eigenvalue weighted by molar-refractivity contribution is 4.99. The molecular weight excluding hydrogens is 236 g/mol. The van der Waals surface area contributed by atoms with Crippen molar-refractivity contribution in [1.29, 1.82) is 0 Å². The lowest BCUT2D eigenvalue weighted by Crippen LogP contribution is -2.59. The van der Waals surface area contributed by atoms with E-state index in [0.29, 0.717) is 24.0 Å². The first-order valence-corrected chi connectivity index (χ1v) is 7.59. The molecule has 0 radical (unpaired) electrons. The molecule has 0 aliphatic carbocycles. The Labute approximate surface area is 117 Å². The van der Waals surface area contributed by atoms with E-state index in [4.69, 9.17) is 4.42 Å². The van der Waals surface area contributed by atoms with Gasteiger partial charge in [0.2, 0.25) is 0 Å². The fourth-order valence-corrected chi connectivity index (χ4v) is 2.94. The summed E-state index contributed by atoms with van der Waals surface area (Å²) in [7, 11) is 0. The molecule has 0 spiro atoms. The van der Waals surface area contributed by atoms with Crippen molar-refractivity contribution in [3.8, 4) is 0 Å². The van der Waals surface area contributed by atoms with Crippen molar-refractivity contribution >= 4 is 0 Å². The molecular formula is C16H28N2O. The number of piperazine rings is 1. The first-order chi connectivity index (χ1) is 9.08. The van der Waals surface area contributed by atoms with Gasteiger partial charge in [0.1, 0.15) is 5.76 Å². The molecule has 1 aromatic rings. The summed E-state index contributed by atoms with van der Waals surface area (Å²) < 4.78 is 5.43. The lowest BCUT2D eigenvalue weighted by atomic mass is 9.97. The fraction of sp³-hybridized carbons (Fsp3) is 0.750. The Morgan fingerprint density at radius 1 is 1.42 bits per heavy atom. The highest BCUT2D eigenvalue weighted by Crippen LogP contribution is 2.18. The van der Waals surface area contributed by atoms with Crippen LogP contribution in [0.4, 0.5) is 0 Å². The predicted octanol–water partition coefficient (Wildman–Crippen LogP) is 2.92. The molecule has 0 aromatic carbocycles. The molecule has 1 aromatic heterocycles. The summed E-state index contributed by atoms with van der Waals surface area (Å²) in [6, 6.07) is 5.92. The summed E-state index contributed by atoms with van der Waals surface area (Å²) in [6.45, 7) is 11.6. The van der Waals surface area contributed by atoms with Crippen molar-refractivity contribution in [3.63, 3.8) is 0 Å². The number of aryl methyl sites for hydroxylation is 1. The van der Waals surface area contributed by atoms with E-state index in [2.05, 4.69) is 44.0 Å². The first kappa shape index (κ1) is 14.6. The van der Waals surface area contributed by atoms with Gasteiger partial charge in [-0.1, -0.05) is 13.8 Å². The van der Waals surface area contributed by atoms with Crippen LogP contribution < -0.4 is 5.32 Å². The van der Waals surface area contributed by atoms with Crippen LogP contribution in [0.5, 0.6) is 0 Å². The molecule has 3 unspecified atom stereocenters. The third-order valence-corrected chi connectivity index (χ3v) is 4.41. The average Bonchev–Trinajstić information content (AvgIpc) is 2.89. The Hall–Kier alpha value is -0.800. The van der Waals surface area contributed by atoms with Gasteiger partial charge in [-0.2, -0.15) is 0 Å². The first-order valence-electron chi connectivity index (χ1n) is 7.59. The number of hydrogen-bond donors (Lipinski definition) is 1. The zero-order valence-electron chi connectivity index (χ0n) is 12.7. The third-order valence-electron chi connectivity index (χ3n) is 4.41. The Bertz CT molecular complexity index is 361. The number of rotatable bonds is 5. The highest BCUT2D eigenvalue weighted by atomic mass is 16.3. The number of nitrogens with one attached hydrogen (secondary N) is 1. The number of hydrogen-bond acceptors (Lipinski definition) is 3. The van der Waals surface area contributed by atoms with E-state index >= 15 is 0 Å². The van der Waals surface area contributed by atoms with Gasteiger partial charge in [0.15, 0.2) is 0 Å². The molecule has 1 fully saturated rings. The summed E-state index contributed by atoms with van der Waals surface area (Å²) >= 11 is 0. The van der Waals surface area contributed by atoms with Gasteiger partial charge in [0.05, 0.1) is 6.26 Å². The second-order valence-corrected chi connectivity index (χ2v) is 6.27. The summed E-state index contributed by atoms with van der Waals surface area (Å²) in [6.07, 6.45) is 3.97. The van der Waals surface area contributed by atoms with Crippen LogP contribution in [-0.4, -0.2) is 36.1 Å². The fourth-order valence-electron chi connectivity index (χ4n) is 2.94. The van der Waals surface area contributed by atoms with Crippen LogP contribution in [0.1, 0.15) is 39.9 Å². The van der Waals surface area contributed by atoms with Crippen LogP contribution in [0.15, 0.2) is 22.8 Å². The van der Waals surface area contributed by atoms with E-state index in [1.807, 2.05) is 6.07 Å². The van der Waals surface area contributed by atoms with Gasteiger partial charge in [0.25, 0.3) is 0 Å². The Balaban J connectivity index is 1.87. The summed E-state index contributed by atoms with van der Waals surface area (Å²) in [5.74, 6) is 1.81. The van der Waals surface area contributed by atoms with Gasteiger partial charge in [-0.3, -0.25) is 4.90 Å². The van der Waals surface area contributed by atoms with Crippen LogP contribution in [-0.2, 0) is 6.42 Å². The second kappa shape index (κ2) is 6.58. The number of furan rings is 1. The molecule has 3 heteroatoms. The molecule has 1 N–H and O–H groups in total. The lowest BCUT2D eigenvalue weighted by molar-refractivity contribution is 0.0809. The van der Waals surface area contributed by atoms with E-state index in [0.717, 1.165) is 25.3 Å². The maximum absolute atomic E-state index is 5.43. The van der Waals surface area contributed by atoms with Crippen LogP contribution in [0.2, 0.25) is 0 Å². The summed E-state index contributed by atoms with van der Waals surface area (Å²) in [5, 5.41) is 3.66. The van der Waals surface area contributed by atoms with Crippen molar-refractivity contribution < 1.29 is 4.42 Å². The summed E-state index contributed by atoms with van der Waals surface area (Å²) in [5.41, 5.74) is 0. The molecule has 1 aliphatic rings. The van der Waals surface area contributed by atoms with E-state index in [-0.39, 0.29) is 0 Å². The van der Waals surface area contributed by atoms with Crippen molar-refractivity contribution in [2.75, 3.05) is 13.1 Å². The Morgan fingerprint density at radius 3 is 2.84 bits per heavy atom. The molecule has 2 heterocycles. The van der Waals surface area contributed by atoms with Gasteiger partial charge in [-0.05, 0) is 38.3 Å². The standard InChI is InChI=1S/C16H28N2O/c1-12(2)16-11-18(14(4)10-17-16)13(3)7-8-15-6-5-9-19-15/h5-6,9,12-14,16-17H,7-8,10-11H2,1-4H3. The minimum atomic E-state index is 0.614. The van der Waals surface area contributed by atoms with Gasteiger partial charge in [0, 0.05) is 37.6 Å². The molecule has 3 nitrogen and oxygen atoms in total. The molecule has 1 saturated heterocycles. The predicted molar refractivity (Wildman–Crippen MR) is 79.3 cm³/mol. The van der Waals surface area contributed by atoms with Gasteiger partial charge >= 0.3 is 0 Å². The van der Waals surface area contributed by atoms with Crippen molar-refractivity contribution in [1.82, 2.24) is 10.2 Å². The van der Waals surface area contributed by atoms with Gasteiger partial charge in [-0.25, -0.2) is 0 Å². The Kier molecular flexibility index (Phi) is 5.06. The number of nitrogens with zero attached hydrogens (tertiary/aromatic N) is 1. The third kappa shape index (κ3) is 3.83. The smallest absolute Gasteiger partial charge is 0.103 e. The molecule has 2 rings (SSSR count). The highest BCUT2D eigenvalue weighted by Gasteiger charge is 2.29. The molecule has 108 valence electrons. The quantitative estimate of drug-likeness (QED) is 0.886. The van der Waals surface area contributed by atoms with E-state index in [1.54, 1.807) is 6.26 Å². The maximum Gasteiger partial charge on any atom is 0.103 e. The van der Waals surface area contributed by atoms with Crippen molar-refractivity contribution in [2.45, 2.75) is 58.7 Å². The van der Waals surface area contributed by atoms with Gasteiger partial charge < -0.3 is 9.73 Å². The van der Waals surface area contributed by atoms with Crippen molar-refractivity contribution in [3.05, 3.63) is 24.2 Å². The van der Waals surface area contributed by atoms with Gasteiger partial charge in [-0.15, -0.1) is 0 Å². The second-order valence-electron chi connectivity index (χ2n) is 6.27. The van der Waals surface area contributed by atoms with Crippen LogP contribution in [0.25, 0.3) is 0 Å². The van der Waals surface area contributed by atoms with Crippen LogP contribution >= 0.6 is 0 Å². The van der Waals surface area contributed by atoms with E-state index in [9.17, 15) is 0 Å². The lowest BCUT2D eigenvalue weighted by Gasteiger charge is -2.43. The SMILES string of the molecule is CC(C)C1CN(C(C)CCc2ccco2)C(C)CN1. The molecule has 0 amide bonds. The molecule has 19 heavy (non-hydrogen) atoms. The monoisotopic (exact) mass is 264 g/mol. The topological polar surface area (TPSA) is 28.4 Å². The van der Waals surface area contributed by atoms with Crippen molar-refractivity contribution in [2.24, 2.45) is 5.92 Å². The largest absolute Gasteiger partial charge is 0.469 e. The molecule has 0 bridgehead atoms. The zero-order chi connectivity index (χ0) is 13.8. The summed E-state index contributed by atoms with van der Waals surface area (Å²) in [4.78, 5) is 2.66. The molecule has 1 aliphatic heterocycles. The van der Waals surface area contributed by atoms with Crippen LogP contribution in [0.3, 0.4) is 0 Å². The van der Waals surface area contributed by atoms with Crippen LogP contribution in [0, 0.1) is 5.92 Å². The maximum atomic E-state index is 5.43. The minimum absolute atomic E-state index is 0.614. The minimum Gasteiger partial charge on any atom is -0.469 e. The van der Waals surface area contributed by atoms with E-state index < -0.39 is 0 Å².